The number of benzene rings is 1. The molecule has 4 fully saturated rings. The molecule has 4 atom stereocenters. The molecule has 0 radical (unpaired) electrons. The van der Waals surface area contributed by atoms with Crippen LogP contribution in [0.25, 0.3) is 0 Å². The highest BCUT2D eigenvalue weighted by molar-refractivity contribution is 7.89. The lowest BCUT2D eigenvalue weighted by molar-refractivity contribution is -0.150. The molecule has 4 aliphatic rings. The standard InChI is InChI=1S/C21H27N5O3S/c1-2-24-30(28,29)18-5-3-17(4-6-18)25-19(27)20-8-15-7-16(9-20)11-21(10-15,12-20)26-14-22-13-23-26/h3-6,13-16,24H,2,7-12H2,1H3,(H,25,27)/t15-,16+,20?,21?. The molecule has 6 rings (SSSR count). The number of rotatable bonds is 6. The van der Waals surface area contributed by atoms with E-state index < -0.39 is 15.4 Å². The third-order valence-corrected chi connectivity index (χ3v) is 8.73. The number of carbonyl (C=O) groups is 1. The van der Waals surface area contributed by atoms with E-state index in [-0.39, 0.29) is 16.3 Å². The van der Waals surface area contributed by atoms with Crippen LogP contribution in [0.1, 0.15) is 45.4 Å². The molecule has 2 aromatic rings. The summed E-state index contributed by atoms with van der Waals surface area (Å²) in [7, 11) is -3.50. The summed E-state index contributed by atoms with van der Waals surface area (Å²) in [5.41, 5.74) is 0.118. The molecular weight excluding hydrogens is 402 g/mol. The average molecular weight is 430 g/mol. The Labute approximate surface area is 176 Å². The maximum Gasteiger partial charge on any atom is 0.240 e. The molecule has 1 amide bonds. The van der Waals surface area contributed by atoms with Crippen LogP contribution in [0.15, 0.2) is 41.8 Å². The van der Waals surface area contributed by atoms with Crippen molar-refractivity contribution < 1.29 is 13.2 Å². The van der Waals surface area contributed by atoms with Crippen LogP contribution in [-0.4, -0.2) is 35.6 Å². The van der Waals surface area contributed by atoms with Gasteiger partial charge in [0.1, 0.15) is 12.7 Å². The van der Waals surface area contributed by atoms with Crippen LogP contribution in [0.2, 0.25) is 0 Å². The molecule has 9 heteroatoms. The van der Waals surface area contributed by atoms with Crippen molar-refractivity contribution in [1.82, 2.24) is 19.5 Å². The molecule has 1 aromatic heterocycles. The van der Waals surface area contributed by atoms with Crippen LogP contribution in [-0.2, 0) is 20.4 Å². The van der Waals surface area contributed by atoms with Gasteiger partial charge in [0.25, 0.3) is 0 Å². The lowest BCUT2D eigenvalue weighted by Crippen LogP contribution is -2.60. The average Bonchev–Trinajstić information content (AvgIpc) is 3.23. The van der Waals surface area contributed by atoms with Crippen LogP contribution >= 0.6 is 0 Å². The van der Waals surface area contributed by atoms with Crippen LogP contribution in [0.3, 0.4) is 0 Å². The van der Waals surface area contributed by atoms with Crippen LogP contribution in [0.5, 0.6) is 0 Å². The third-order valence-electron chi connectivity index (χ3n) is 7.17. The van der Waals surface area contributed by atoms with E-state index in [4.69, 9.17) is 0 Å². The molecule has 2 N–H and O–H groups in total. The smallest absolute Gasteiger partial charge is 0.240 e. The highest BCUT2D eigenvalue weighted by Crippen LogP contribution is 2.64. The van der Waals surface area contributed by atoms with Gasteiger partial charge in [-0.2, -0.15) is 5.10 Å². The van der Waals surface area contributed by atoms with Crippen molar-refractivity contribution in [3.63, 3.8) is 0 Å². The van der Waals surface area contributed by atoms with Crippen molar-refractivity contribution in [3.8, 4) is 0 Å². The van der Waals surface area contributed by atoms with Crippen molar-refractivity contribution in [2.24, 2.45) is 17.3 Å². The summed E-state index contributed by atoms with van der Waals surface area (Å²) >= 11 is 0. The number of sulfonamides is 1. The SMILES string of the molecule is CCNS(=O)(=O)c1ccc(NC(=O)C23C[C@H]4C[C@@H](C2)CC(n2cncn2)(C4)C3)cc1. The fraction of sp³-hybridized carbons (Fsp3) is 0.571. The Morgan fingerprint density at radius 1 is 1.17 bits per heavy atom. The number of hydrogen-bond donors (Lipinski definition) is 2. The molecular formula is C21H27N5O3S. The number of nitrogens with zero attached hydrogens (tertiary/aromatic N) is 3. The lowest BCUT2D eigenvalue weighted by Gasteiger charge is -2.60. The van der Waals surface area contributed by atoms with E-state index in [2.05, 4.69) is 20.1 Å². The Hall–Kier alpha value is -2.26. The molecule has 4 bridgehead atoms. The van der Waals surface area contributed by atoms with E-state index in [9.17, 15) is 13.2 Å². The van der Waals surface area contributed by atoms with Gasteiger partial charge in [0.05, 0.1) is 15.8 Å². The predicted octanol–water partition coefficient (Wildman–Crippen LogP) is 2.51. The molecule has 0 aliphatic heterocycles. The van der Waals surface area contributed by atoms with E-state index in [0.717, 1.165) is 32.1 Å². The molecule has 4 aliphatic carbocycles. The largest absolute Gasteiger partial charge is 0.326 e. The van der Waals surface area contributed by atoms with Crippen molar-refractivity contribution >= 4 is 21.6 Å². The first-order valence-corrected chi connectivity index (χ1v) is 12.1. The third kappa shape index (κ3) is 3.15. The van der Waals surface area contributed by atoms with Gasteiger partial charge < -0.3 is 5.32 Å². The van der Waals surface area contributed by atoms with Crippen molar-refractivity contribution in [2.75, 3.05) is 11.9 Å². The van der Waals surface area contributed by atoms with Gasteiger partial charge in [-0.1, -0.05) is 6.92 Å². The van der Waals surface area contributed by atoms with E-state index >= 15 is 0 Å². The predicted molar refractivity (Wildman–Crippen MR) is 111 cm³/mol. The first-order chi connectivity index (χ1) is 14.3. The summed E-state index contributed by atoms with van der Waals surface area (Å²) < 4.78 is 28.7. The molecule has 8 nitrogen and oxygen atoms in total. The molecule has 1 heterocycles. The normalized spacial score (nSPS) is 32.3. The van der Waals surface area contributed by atoms with E-state index in [1.54, 1.807) is 31.7 Å². The molecule has 160 valence electrons. The summed E-state index contributed by atoms with van der Waals surface area (Å²) in [4.78, 5) is 17.8. The number of amides is 1. The fourth-order valence-electron chi connectivity index (χ4n) is 6.46. The Balaban J connectivity index is 1.38. The maximum absolute atomic E-state index is 13.5. The Morgan fingerprint density at radius 3 is 2.47 bits per heavy atom. The summed E-state index contributed by atoms with van der Waals surface area (Å²) in [6.07, 6.45) is 9.32. The quantitative estimate of drug-likeness (QED) is 0.734. The first kappa shape index (κ1) is 19.7. The zero-order valence-corrected chi connectivity index (χ0v) is 17.9. The minimum Gasteiger partial charge on any atom is -0.326 e. The zero-order chi connectivity index (χ0) is 21.0. The Kier molecular flexibility index (Phi) is 4.52. The minimum atomic E-state index is -3.50. The second-order valence-electron chi connectivity index (χ2n) is 9.29. The van der Waals surface area contributed by atoms with Crippen molar-refractivity contribution in [1.29, 1.82) is 0 Å². The minimum absolute atomic E-state index is 0.0448. The number of hydrogen-bond acceptors (Lipinski definition) is 5. The topological polar surface area (TPSA) is 106 Å². The van der Waals surface area contributed by atoms with E-state index in [0.29, 0.717) is 24.1 Å². The second kappa shape index (κ2) is 6.88. The van der Waals surface area contributed by atoms with Gasteiger partial charge in [0, 0.05) is 12.2 Å². The van der Waals surface area contributed by atoms with E-state index in [1.165, 1.54) is 18.6 Å². The number of nitrogens with one attached hydrogen (secondary N) is 2. The number of carbonyl (C=O) groups excluding carboxylic acids is 1. The van der Waals surface area contributed by atoms with Crippen LogP contribution in [0.4, 0.5) is 5.69 Å². The van der Waals surface area contributed by atoms with Gasteiger partial charge in [-0.3, -0.25) is 4.79 Å². The zero-order valence-electron chi connectivity index (χ0n) is 17.0. The monoisotopic (exact) mass is 429 g/mol. The molecule has 0 spiro atoms. The number of aromatic nitrogens is 3. The van der Waals surface area contributed by atoms with Gasteiger partial charge in [-0.15, -0.1) is 0 Å². The Morgan fingerprint density at radius 2 is 1.87 bits per heavy atom. The number of anilines is 1. The van der Waals surface area contributed by atoms with E-state index in [1.807, 2.05) is 4.68 Å². The van der Waals surface area contributed by atoms with Gasteiger partial charge in [-0.05, 0) is 74.6 Å². The summed E-state index contributed by atoms with van der Waals surface area (Å²) in [5, 5.41) is 7.51. The lowest BCUT2D eigenvalue weighted by atomic mass is 9.46. The fourth-order valence-corrected chi connectivity index (χ4v) is 7.50. The van der Waals surface area contributed by atoms with Gasteiger partial charge in [0.15, 0.2) is 0 Å². The van der Waals surface area contributed by atoms with Gasteiger partial charge in [-0.25, -0.2) is 22.8 Å². The highest BCUT2D eigenvalue weighted by atomic mass is 32.2. The van der Waals surface area contributed by atoms with Crippen molar-refractivity contribution in [3.05, 3.63) is 36.9 Å². The first-order valence-electron chi connectivity index (χ1n) is 10.6. The molecule has 0 saturated heterocycles. The Bertz CT molecular complexity index is 1030. The summed E-state index contributed by atoms with van der Waals surface area (Å²) in [5.74, 6) is 1.12. The second-order valence-corrected chi connectivity index (χ2v) is 11.1. The molecule has 1 aromatic carbocycles. The highest BCUT2D eigenvalue weighted by Gasteiger charge is 2.61. The maximum atomic E-state index is 13.5. The van der Waals surface area contributed by atoms with Crippen molar-refractivity contribution in [2.45, 2.75) is 55.9 Å². The van der Waals surface area contributed by atoms with Crippen LogP contribution < -0.4 is 10.0 Å². The van der Waals surface area contributed by atoms with Crippen LogP contribution in [0, 0.1) is 17.3 Å². The molecule has 4 saturated carbocycles. The van der Waals surface area contributed by atoms with Gasteiger partial charge in [0.2, 0.25) is 15.9 Å². The molecule has 2 unspecified atom stereocenters. The summed E-state index contributed by atoms with van der Waals surface area (Å²) in [6.45, 7) is 2.07. The summed E-state index contributed by atoms with van der Waals surface area (Å²) in [6, 6.07) is 6.39. The van der Waals surface area contributed by atoms with Gasteiger partial charge >= 0.3 is 0 Å². The molecule has 30 heavy (non-hydrogen) atoms.